The highest BCUT2D eigenvalue weighted by atomic mass is 16.1. The van der Waals surface area contributed by atoms with Crippen LogP contribution in [0.1, 0.15) is 36.8 Å². The van der Waals surface area contributed by atoms with Gasteiger partial charge in [-0.05, 0) is 33.3 Å². The summed E-state index contributed by atoms with van der Waals surface area (Å²) in [5.41, 5.74) is 3.44. The lowest BCUT2D eigenvalue weighted by Gasteiger charge is -2.21. The fourth-order valence-electron chi connectivity index (χ4n) is 2.51. The van der Waals surface area contributed by atoms with Crippen molar-refractivity contribution >= 4 is 5.91 Å². The molecule has 2 aromatic rings. The van der Waals surface area contributed by atoms with Gasteiger partial charge in [0.05, 0.1) is 5.56 Å². The molecule has 0 spiro atoms. The molecular formula is C19H24N2O. The van der Waals surface area contributed by atoms with Gasteiger partial charge in [-0.2, -0.15) is 0 Å². The molecule has 0 aliphatic carbocycles. The molecule has 116 valence electrons. The molecule has 0 saturated heterocycles. The normalized spacial score (nSPS) is 11.3. The summed E-state index contributed by atoms with van der Waals surface area (Å²) in [6.45, 7) is 12.4. The van der Waals surface area contributed by atoms with Crippen LogP contribution in [0, 0.1) is 6.92 Å². The van der Waals surface area contributed by atoms with Crippen LogP contribution in [-0.4, -0.2) is 16.0 Å². The van der Waals surface area contributed by atoms with Crippen molar-refractivity contribution in [1.82, 2.24) is 9.88 Å². The van der Waals surface area contributed by atoms with Crippen LogP contribution in [0.25, 0.3) is 11.1 Å². The number of hydrogen-bond acceptors (Lipinski definition) is 1. The molecule has 0 saturated carbocycles. The Labute approximate surface area is 132 Å². The molecule has 3 nitrogen and oxygen atoms in total. The van der Waals surface area contributed by atoms with Crippen LogP contribution in [0.3, 0.4) is 0 Å². The van der Waals surface area contributed by atoms with Crippen LogP contribution in [-0.2, 0) is 6.54 Å². The standard InChI is InChI=1S/C19H24N2O/c1-6-12-21-13-16(15-10-8-7-9-11-15)17(14(21)2)18(22)20-19(3,4)5/h6-11,13H,1,12H2,2-5H3,(H,20,22). The summed E-state index contributed by atoms with van der Waals surface area (Å²) in [6, 6.07) is 10.0. The quantitative estimate of drug-likeness (QED) is 0.844. The van der Waals surface area contributed by atoms with Crippen molar-refractivity contribution in [1.29, 1.82) is 0 Å². The van der Waals surface area contributed by atoms with E-state index in [2.05, 4.69) is 16.5 Å². The minimum absolute atomic E-state index is 0.0355. The highest BCUT2D eigenvalue weighted by Gasteiger charge is 2.23. The summed E-state index contributed by atoms with van der Waals surface area (Å²) in [6.07, 6.45) is 3.87. The molecule has 1 heterocycles. The number of carbonyl (C=O) groups excluding carboxylic acids is 1. The second-order valence-corrected chi connectivity index (χ2v) is 6.51. The number of nitrogens with zero attached hydrogens (tertiary/aromatic N) is 1. The first-order chi connectivity index (χ1) is 10.3. The zero-order valence-electron chi connectivity index (χ0n) is 13.8. The maximum absolute atomic E-state index is 12.7. The van der Waals surface area contributed by atoms with Crippen LogP contribution < -0.4 is 5.32 Å². The van der Waals surface area contributed by atoms with E-state index < -0.39 is 0 Å². The molecule has 1 aromatic carbocycles. The zero-order valence-corrected chi connectivity index (χ0v) is 13.8. The molecule has 0 aliphatic heterocycles. The Hall–Kier alpha value is -2.29. The highest BCUT2D eigenvalue weighted by molar-refractivity contribution is 6.02. The summed E-state index contributed by atoms with van der Waals surface area (Å²) in [5.74, 6) is -0.0355. The van der Waals surface area contributed by atoms with E-state index in [4.69, 9.17) is 0 Å². The predicted molar refractivity (Wildman–Crippen MR) is 92.0 cm³/mol. The van der Waals surface area contributed by atoms with Crippen molar-refractivity contribution in [2.24, 2.45) is 0 Å². The second kappa shape index (κ2) is 6.22. The number of amides is 1. The number of rotatable bonds is 4. The smallest absolute Gasteiger partial charge is 0.254 e. The van der Waals surface area contributed by atoms with Gasteiger partial charge in [0.2, 0.25) is 0 Å². The van der Waals surface area contributed by atoms with Crippen molar-refractivity contribution in [3.8, 4) is 11.1 Å². The Morgan fingerprint density at radius 3 is 2.45 bits per heavy atom. The molecule has 1 N–H and O–H groups in total. The molecule has 22 heavy (non-hydrogen) atoms. The van der Waals surface area contributed by atoms with Crippen molar-refractivity contribution in [3.63, 3.8) is 0 Å². The van der Waals surface area contributed by atoms with E-state index in [9.17, 15) is 4.79 Å². The predicted octanol–water partition coefficient (Wildman–Crippen LogP) is 4.18. The van der Waals surface area contributed by atoms with Gasteiger partial charge < -0.3 is 9.88 Å². The topological polar surface area (TPSA) is 34.0 Å². The van der Waals surface area contributed by atoms with Gasteiger partial charge in [0, 0.05) is 29.5 Å². The maximum atomic E-state index is 12.7. The van der Waals surface area contributed by atoms with E-state index in [-0.39, 0.29) is 11.4 Å². The Morgan fingerprint density at radius 1 is 1.27 bits per heavy atom. The van der Waals surface area contributed by atoms with E-state index in [1.807, 2.05) is 70.3 Å². The third-order valence-corrected chi connectivity index (χ3v) is 3.47. The second-order valence-electron chi connectivity index (χ2n) is 6.51. The summed E-state index contributed by atoms with van der Waals surface area (Å²) in [5, 5.41) is 3.06. The highest BCUT2D eigenvalue weighted by Crippen LogP contribution is 2.28. The van der Waals surface area contributed by atoms with Crippen molar-refractivity contribution in [3.05, 3.63) is 60.4 Å². The maximum Gasteiger partial charge on any atom is 0.254 e. The molecule has 3 heteroatoms. The van der Waals surface area contributed by atoms with Gasteiger partial charge in [0.15, 0.2) is 0 Å². The molecular weight excluding hydrogens is 272 g/mol. The molecule has 1 aromatic heterocycles. The Morgan fingerprint density at radius 2 is 1.91 bits per heavy atom. The molecule has 0 unspecified atom stereocenters. The van der Waals surface area contributed by atoms with Crippen molar-refractivity contribution in [2.75, 3.05) is 0 Å². The number of benzene rings is 1. The first-order valence-corrected chi connectivity index (χ1v) is 7.52. The van der Waals surface area contributed by atoms with E-state index in [1.54, 1.807) is 0 Å². The first-order valence-electron chi connectivity index (χ1n) is 7.52. The molecule has 0 radical (unpaired) electrons. The van der Waals surface area contributed by atoms with E-state index >= 15 is 0 Å². The monoisotopic (exact) mass is 296 g/mol. The van der Waals surface area contributed by atoms with Crippen molar-refractivity contribution < 1.29 is 4.79 Å². The SMILES string of the molecule is C=CCn1cc(-c2ccccc2)c(C(=O)NC(C)(C)C)c1C. The molecule has 0 fully saturated rings. The third-order valence-electron chi connectivity index (χ3n) is 3.47. The van der Waals surface area contributed by atoms with Gasteiger partial charge in [-0.1, -0.05) is 36.4 Å². The number of hydrogen-bond donors (Lipinski definition) is 1. The number of allylic oxidation sites excluding steroid dienone is 1. The van der Waals surface area contributed by atoms with Gasteiger partial charge >= 0.3 is 0 Å². The Balaban J connectivity index is 2.55. The van der Waals surface area contributed by atoms with E-state index in [0.29, 0.717) is 6.54 Å². The van der Waals surface area contributed by atoms with Gasteiger partial charge in [-0.25, -0.2) is 0 Å². The fourth-order valence-corrected chi connectivity index (χ4v) is 2.51. The summed E-state index contributed by atoms with van der Waals surface area (Å²) in [4.78, 5) is 12.7. The lowest BCUT2D eigenvalue weighted by Crippen LogP contribution is -2.40. The fraction of sp³-hybridized carbons (Fsp3) is 0.316. The van der Waals surface area contributed by atoms with Gasteiger partial charge in [0.25, 0.3) is 5.91 Å². The number of aromatic nitrogens is 1. The van der Waals surface area contributed by atoms with Gasteiger partial charge in [-0.15, -0.1) is 6.58 Å². The average molecular weight is 296 g/mol. The zero-order chi connectivity index (χ0) is 16.3. The van der Waals surface area contributed by atoms with Gasteiger partial charge in [-0.3, -0.25) is 4.79 Å². The largest absolute Gasteiger partial charge is 0.347 e. The van der Waals surface area contributed by atoms with Crippen LogP contribution in [0.4, 0.5) is 0 Å². The minimum atomic E-state index is -0.266. The van der Waals surface area contributed by atoms with Crippen LogP contribution in [0.15, 0.2) is 49.2 Å². The molecule has 0 bridgehead atoms. The summed E-state index contributed by atoms with van der Waals surface area (Å²) < 4.78 is 2.06. The minimum Gasteiger partial charge on any atom is -0.347 e. The molecule has 0 atom stereocenters. The lowest BCUT2D eigenvalue weighted by atomic mass is 10.0. The average Bonchev–Trinajstić information content (AvgIpc) is 2.76. The number of carbonyl (C=O) groups is 1. The van der Waals surface area contributed by atoms with Crippen LogP contribution in [0.5, 0.6) is 0 Å². The van der Waals surface area contributed by atoms with Crippen LogP contribution in [0.2, 0.25) is 0 Å². The van der Waals surface area contributed by atoms with Gasteiger partial charge in [0.1, 0.15) is 0 Å². The number of nitrogens with one attached hydrogen (secondary N) is 1. The first kappa shape index (κ1) is 16.1. The van der Waals surface area contributed by atoms with E-state index in [1.165, 1.54) is 0 Å². The Kier molecular flexibility index (Phi) is 4.55. The lowest BCUT2D eigenvalue weighted by molar-refractivity contribution is 0.0919. The molecule has 0 aliphatic rings. The van der Waals surface area contributed by atoms with Crippen LogP contribution >= 0.6 is 0 Å². The molecule has 1 amide bonds. The Bertz CT molecular complexity index is 675. The summed E-state index contributed by atoms with van der Waals surface area (Å²) >= 11 is 0. The van der Waals surface area contributed by atoms with Crippen molar-refractivity contribution in [2.45, 2.75) is 39.8 Å². The molecule has 2 rings (SSSR count). The third kappa shape index (κ3) is 3.48. The summed E-state index contributed by atoms with van der Waals surface area (Å²) in [7, 11) is 0. The van der Waals surface area contributed by atoms with E-state index in [0.717, 1.165) is 22.4 Å².